The molecule has 1 aromatic rings. The van der Waals surface area contributed by atoms with Crippen molar-refractivity contribution in [2.45, 2.75) is 25.9 Å². The van der Waals surface area contributed by atoms with Gasteiger partial charge in [-0.2, -0.15) is 0 Å². The van der Waals surface area contributed by atoms with Gasteiger partial charge in [0, 0.05) is 19.2 Å². The highest BCUT2D eigenvalue weighted by Gasteiger charge is 2.13. The molecule has 2 rings (SSSR count). The molecule has 1 heterocycles. The van der Waals surface area contributed by atoms with Crippen LogP contribution in [-0.4, -0.2) is 25.1 Å². The molecule has 2 N–H and O–H groups in total. The largest absolute Gasteiger partial charge is 0.489 e. The molecular weight excluding hydrogens is 216 g/mol. The Morgan fingerprint density at radius 1 is 1.41 bits per heavy atom. The Morgan fingerprint density at radius 3 is 2.76 bits per heavy atom. The van der Waals surface area contributed by atoms with E-state index in [0.29, 0.717) is 0 Å². The van der Waals surface area contributed by atoms with Crippen LogP contribution in [0, 0.1) is 0 Å². The predicted octanol–water partition coefficient (Wildman–Crippen LogP) is 1.78. The van der Waals surface area contributed by atoms with Crippen molar-refractivity contribution in [3.05, 3.63) is 24.3 Å². The minimum absolute atomic E-state index is 0.0600. The molecule has 4 nitrogen and oxygen atoms in total. The molecule has 1 fully saturated rings. The average molecular weight is 234 g/mol. The van der Waals surface area contributed by atoms with Crippen LogP contribution in [0.4, 0.5) is 5.69 Å². The summed E-state index contributed by atoms with van der Waals surface area (Å²) in [6, 6.07) is 7.49. The van der Waals surface area contributed by atoms with E-state index < -0.39 is 0 Å². The highest BCUT2D eigenvalue weighted by molar-refractivity contribution is 5.88. The first-order chi connectivity index (χ1) is 8.24. The quantitative estimate of drug-likeness (QED) is 0.838. The molecular formula is C13H18N2O2. The Hall–Kier alpha value is -1.55. The summed E-state index contributed by atoms with van der Waals surface area (Å²) < 4.78 is 5.84. The van der Waals surface area contributed by atoms with Crippen LogP contribution in [-0.2, 0) is 4.79 Å². The van der Waals surface area contributed by atoms with E-state index in [1.54, 1.807) is 0 Å². The molecule has 4 heteroatoms. The maximum atomic E-state index is 10.9. The summed E-state index contributed by atoms with van der Waals surface area (Å²) in [5.41, 5.74) is 0.798. The molecule has 1 aliphatic rings. The van der Waals surface area contributed by atoms with E-state index >= 15 is 0 Å². The van der Waals surface area contributed by atoms with Crippen LogP contribution in [0.25, 0.3) is 0 Å². The Balaban J connectivity index is 1.90. The van der Waals surface area contributed by atoms with Gasteiger partial charge in [-0.1, -0.05) is 0 Å². The van der Waals surface area contributed by atoms with Gasteiger partial charge in [-0.25, -0.2) is 0 Å². The van der Waals surface area contributed by atoms with Gasteiger partial charge in [0.25, 0.3) is 0 Å². The van der Waals surface area contributed by atoms with Gasteiger partial charge in [-0.3, -0.25) is 4.79 Å². The number of anilines is 1. The van der Waals surface area contributed by atoms with E-state index in [9.17, 15) is 4.79 Å². The Kier molecular flexibility index (Phi) is 3.98. The van der Waals surface area contributed by atoms with Crippen LogP contribution < -0.4 is 15.4 Å². The molecule has 1 amide bonds. The van der Waals surface area contributed by atoms with Crippen LogP contribution in [0.3, 0.4) is 0 Å². The lowest BCUT2D eigenvalue weighted by Gasteiger charge is -2.24. The zero-order chi connectivity index (χ0) is 12.1. The van der Waals surface area contributed by atoms with Crippen molar-refractivity contribution in [2.75, 3.05) is 18.4 Å². The van der Waals surface area contributed by atoms with Gasteiger partial charge in [0.2, 0.25) is 5.91 Å². The minimum atomic E-state index is -0.0600. The van der Waals surface area contributed by atoms with Crippen molar-refractivity contribution in [1.82, 2.24) is 5.32 Å². The SMILES string of the molecule is CC(=O)Nc1ccc(O[C@H]2CCCNC2)cc1. The molecule has 17 heavy (non-hydrogen) atoms. The van der Waals surface area contributed by atoms with Gasteiger partial charge in [-0.05, 0) is 43.7 Å². The Morgan fingerprint density at radius 2 is 2.18 bits per heavy atom. The monoisotopic (exact) mass is 234 g/mol. The number of hydrogen-bond donors (Lipinski definition) is 2. The van der Waals surface area contributed by atoms with Crippen molar-refractivity contribution in [2.24, 2.45) is 0 Å². The summed E-state index contributed by atoms with van der Waals surface area (Å²) >= 11 is 0. The van der Waals surface area contributed by atoms with Gasteiger partial charge < -0.3 is 15.4 Å². The number of benzene rings is 1. The van der Waals surface area contributed by atoms with Crippen LogP contribution in [0.15, 0.2) is 24.3 Å². The summed E-state index contributed by atoms with van der Waals surface area (Å²) in [5, 5.41) is 6.04. The number of rotatable bonds is 3. The second-order valence-corrected chi connectivity index (χ2v) is 4.29. The van der Waals surface area contributed by atoms with Crippen molar-refractivity contribution in [3.8, 4) is 5.75 Å². The van der Waals surface area contributed by atoms with Crippen LogP contribution in [0.5, 0.6) is 5.75 Å². The first kappa shape index (κ1) is 11.9. The lowest BCUT2D eigenvalue weighted by atomic mass is 10.1. The third kappa shape index (κ3) is 3.75. The number of hydrogen-bond acceptors (Lipinski definition) is 3. The number of ether oxygens (including phenoxy) is 1. The molecule has 0 spiro atoms. The minimum Gasteiger partial charge on any atom is -0.489 e. The highest BCUT2D eigenvalue weighted by atomic mass is 16.5. The molecule has 0 unspecified atom stereocenters. The Bertz CT molecular complexity index is 370. The lowest BCUT2D eigenvalue weighted by molar-refractivity contribution is -0.114. The first-order valence-corrected chi connectivity index (χ1v) is 5.99. The van der Waals surface area contributed by atoms with Gasteiger partial charge >= 0.3 is 0 Å². The Labute approximate surface area is 101 Å². The number of carbonyl (C=O) groups is 1. The summed E-state index contributed by atoms with van der Waals surface area (Å²) in [7, 11) is 0. The van der Waals surface area contributed by atoms with Crippen molar-refractivity contribution >= 4 is 11.6 Å². The number of piperidine rings is 1. The third-order valence-electron chi connectivity index (χ3n) is 2.73. The highest BCUT2D eigenvalue weighted by Crippen LogP contribution is 2.18. The normalized spacial score (nSPS) is 19.7. The molecule has 0 saturated carbocycles. The summed E-state index contributed by atoms with van der Waals surface area (Å²) in [4.78, 5) is 10.9. The van der Waals surface area contributed by atoms with Gasteiger partial charge in [0.1, 0.15) is 11.9 Å². The van der Waals surface area contributed by atoms with E-state index in [2.05, 4.69) is 10.6 Å². The molecule has 1 aromatic carbocycles. The fraction of sp³-hybridized carbons (Fsp3) is 0.462. The third-order valence-corrected chi connectivity index (χ3v) is 2.73. The molecule has 0 radical (unpaired) electrons. The fourth-order valence-corrected chi connectivity index (χ4v) is 1.93. The zero-order valence-electron chi connectivity index (χ0n) is 10.0. The summed E-state index contributed by atoms with van der Waals surface area (Å²) in [5.74, 6) is 0.794. The van der Waals surface area contributed by atoms with Gasteiger partial charge in [0.15, 0.2) is 0 Å². The van der Waals surface area contributed by atoms with E-state index in [0.717, 1.165) is 37.4 Å². The van der Waals surface area contributed by atoms with E-state index in [-0.39, 0.29) is 12.0 Å². The second-order valence-electron chi connectivity index (χ2n) is 4.29. The van der Waals surface area contributed by atoms with E-state index in [4.69, 9.17) is 4.74 Å². The van der Waals surface area contributed by atoms with Gasteiger partial charge in [-0.15, -0.1) is 0 Å². The van der Waals surface area contributed by atoms with E-state index in [1.165, 1.54) is 6.92 Å². The van der Waals surface area contributed by atoms with Gasteiger partial charge in [0.05, 0.1) is 0 Å². The first-order valence-electron chi connectivity index (χ1n) is 5.99. The number of nitrogens with one attached hydrogen (secondary N) is 2. The number of carbonyl (C=O) groups excluding carboxylic acids is 1. The topological polar surface area (TPSA) is 50.4 Å². The van der Waals surface area contributed by atoms with Crippen molar-refractivity contribution in [3.63, 3.8) is 0 Å². The van der Waals surface area contributed by atoms with Crippen LogP contribution in [0.1, 0.15) is 19.8 Å². The lowest BCUT2D eigenvalue weighted by Crippen LogP contribution is -2.37. The molecule has 0 aliphatic carbocycles. The van der Waals surface area contributed by atoms with Crippen LogP contribution in [0.2, 0.25) is 0 Å². The second kappa shape index (κ2) is 5.68. The fourth-order valence-electron chi connectivity index (χ4n) is 1.93. The standard InChI is InChI=1S/C13H18N2O2/c1-10(16)15-11-4-6-12(7-5-11)17-13-3-2-8-14-9-13/h4-7,13-14H,2-3,8-9H2,1H3,(H,15,16)/t13-/m0/s1. The van der Waals surface area contributed by atoms with Crippen molar-refractivity contribution in [1.29, 1.82) is 0 Å². The van der Waals surface area contributed by atoms with E-state index in [1.807, 2.05) is 24.3 Å². The zero-order valence-corrected chi connectivity index (χ0v) is 10.0. The summed E-state index contributed by atoms with van der Waals surface area (Å²) in [6.45, 7) is 3.49. The van der Waals surface area contributed by atoms with Crippen molar-refractivity contribution < 1.29 is 9.53 Å². The molecule has 1 atom stereocenters. The van der Waals surface area contributed by atoms with Crippen LogP contribution >= 0.6 is 0 Å². The predicted molar refractivity (Wildman–Crippen MR) is 67.3 cm³/mol. The molecule has 0 aromatic heterocycles. The molecule has 1 aliphatic heterocycles. The molecule has 0 bridgehead atoms. The smallest absolute Gasteiger partial charge is 0.221 e. The average Bonchev–Trinajstić information content (AvgIpc) is 2.32. The molecule has 92 valence electrons. The summed E-state index contributed by atoms with van der Waals surface area (Å²) in [6.07, 6.45) is 2.52. The number of amides is 1. The maximum absolute atomic E-state index is 10.9. The maximum Gasteiger partial charge on any atom is 0.221 e. The molecule has 1 saturated heterocycles.